The van der Waals surface area contributed by atoms with Crippen LogP contribution in [0.25, 0.3) is 11.1 Å². The van der Waals surface area contributed by atoms with E-state index in [1.807, 2.05) is 36.4 Å². The van der Waals surface area contributed by atoms with Crippen molar-refractivity contribution in [2.75, 3.05) is 32.7 Å². The Hall–Kier alpha value is -3.41. The maximum absolute atomic E-state index is 12.7. The average molecular weight is 682 g/mol. The number of hydrogen-bond donors (Lipinski definition) is 2. The molecule has 2 N–H and O–H groups in total. The summed E-state index contributed by atoms with van der Waals surface area (Å²) >= 11 is 0. The summed E-state index contributed by atoms with van der Waals surface area (Å²) in [5.41, 5.74) is 5.86. The first-order valence-electron chi connectivity index (χ1n) is 17.6. The Labute approximate surface area is 290 Å². The van der Waals surface area contributed by atoms with Crippen molar-refractivity contribution in [1.29, 1.82) is 0 Å². The highest BCUT2D eigenvalue weighted by Gasteiger charge is 2.36. The smallest absolute Gasteiger partial charge is 0.240 e. The van der Waals surface area contributed by atoms with Crippen molar-refractivity contribution >= 4 is 10.0 Å². The van der Waals surface area contributed by atoms with Gasteiger partial charge in [-0.1, -0.05) is 84.9 Å². The van der Waals surface area contributed by atoms with Crippen LogP contribution < -0.4 is 4.72 Å². The molecule has 0 aliphatic carbocycles. The summed E-state index contributed by atoms with van der Waals surface area (Å²) in [4.78, 5) is 5.53. The third-order valence-electron chi connectivity index (χ3n) is 10.2. The van der Waals surface area contributed by atoms with Crippen molar-refractivity contribution in [3.05, 3.63) is 125 Å². The Morgan fingerprint density at radius 1 is 0.735 bits per heavy atom. The molecule has 0 amide bonds. The summed E-state index contributed by atoms with van der Waals surface area (Å²) < 4.78 is 41.6. The zero-order chi connectivity index (χ0) is 33.6. The van der Waals surface area contributed by atoms with Gasteiger partial charge in [-0.2, -0.15) is 0 Å². The van der Waals surface area contributed by atoms with Crippen LogP contribution in [0.3, 0.4) is 0 Å². The maximum Gasteiger partial charge on any atom is 0.240 e. The Morgan fingerprint density at radius 2 is 1.49 bits per heavy atom. The molecule has 8 nitrogen and oxygen atoms in total. The fourth-order valence-electron chi connectivity index (χ4n) is 7.45. The second-order valence-electron chi connectivity index (χ2n) is 13.6. The van der Waals surface area contributed by atoms with E-state index in [0.717, 1.165) is 59.4 Å². The molecule has 258 valence electrons. The largest absolute Gasteiger partial charge is 0.392 e. The van der Waals surface area contributed by atoms with Crippen LogP contribution >= 0.6 is 0 Å². The first-order valence-corrected chi connectivity index (χ1v) is 19.1. The SMILES string of the molecule is O=S(=O)(NCc1cccc(-c2ccc(C3OC(CN4CCCC4CN4CCCC4)CC(c4ccc(CO)cc4)O3)cc2)c1)c1ccccc1. The number of ether oxygens (including phenoxy) is 2. The molecule has 3 fully saturated rings. The van der Waals surface area contributed by atoms with Crippen molar-refractivity contribution in [3.8, 4) is 11.1 Å². The molecule has 3 aliphatic heterocycles. The van der Waals surface area contributed by atoms with E-state index in [1.165, 1.54) is 38.8 Å². The normalized spacial score (nSPS) is 23.6. The van der Waals surface area contributed by atoms with E-state index in [9.17, 15) is 13.5 Å². The van der Waals surface area contributed by atoms with Gasteiger partial charge in [0.1, 0.15) is 0 Å². The number of benzene rings is 4. The van der Waals surface area contributed by atoms with Crippen molar-refractivity contribution < 1.29 is 23.0 Å². The molecule has 0 aromatic heterocycles. The summed E-state index contributed by atoms with van der Waals surface area (Å²) in [6, 6.07) is 33.3. The summed E-state index contributed by atoms with van der Waals surface area (Å²) in [6.45, 7) is 5.82. The standard InChI is InChI=1S/C40H47N3O5S/c44-29-30-13-15-33(16-14-30)39-25-37(28-43-23-7-10-36(43)27-42-21-4-5-22-42)47-40(48-39)34-19-17-32(18-20-34)35-9-6-8-31(24-35)26-41-49(45,46)38-11-2-1-3-12-38/h1-3,6,8-9,11-20,24,36-37,39-41,44H,4-5,7,10,21-23,25-29H2. The zero-order valence-electron chi connectivity index (χ0n) is 28.0. The lowest BCUT2D eigenvalue weighted by molar-refractivity contribution is -0.253. The van der Waals surface area contributed by atoms with Crippen LogP contribution in [-0.4, -0.2) is 68.2 Å². The predicted molar refractivity (Wildman–Crippen MR) is 191 cm³/mol. The Balaban J connectivity index is 1.05. The highest BCUT2D eigenvalue weighted by Crippen LogP contribution is 2.39. The molecule has 0 saturated carbocycles. The second-order valence-corrected chi connectivity index (χ2v) is 15.4. The van der Waals surface area contributed by atoms with Gasteiger partial charge in [-0.3, -0.25) is 4.90 Å². The van der Waals surface area contributed by atoms with Gasteiger partial charge in [-0.15, -0.1) is 0 Å². The molecule has 0 bridgehead atoms. The van der Waals surface area contributed by atoms with E-state index < -0.39 is 16.3 Å². The van der Waals surface area contributed by atoms with Gasteiger partial charge >= 0.3 is 0 Å². The molecular formula is C40H47N3O5S. The van der Waals surface area contributed by atoms with Gasteiger partial charge < -0.3 is 19.5 Å². The highest BCUT2D eigenvalue weighted by molar-refractivity contribution is 7.89. The maximum atomic E-state index is 12.7. The van der Waals surface area contributed by atoms with E-state index in [0.29, 0.717) is 6.04 Å². The second kappa shape index (κ2) is 15.6. The molecule has 49 heavy (non-hydrogen) atoms. The molecule has 7 rings (SSSR count). The Kier molecular flexibility index (Phi) is 10.9. The number of hydrogen-bond acceptors (Lipinski definition) is 7. The lowest BCUT2D eigenvalue weighted by atomic mass is 9.98. The summed E-state index contributed by atoms with van der Waals surface area (Å²) in [7, 11) is -3.60. The van der Waals surface area contributed by atoms with Gasteiger partial charge in [-0.05, 0) is 91.3 Å². The summed E-state index contributed by atoms with van der Waals surface area (Å²) in [5, 5.41) is 9.59. The molecular weight excluding hydrogens is 635 g/mol. The molecule has 3 saturated heterocycles. The number of rotatable bonds is 12. The average Bonchev–Trinajstić information content (AvgIpc) is 3.83. The van der Waals surface area contributed by atoms with Crippen LogP contribution in [0.1, 0.15) is 66.8 Å². The van der Waals surface area contributed by atoms with Crippen LogP contribution in [0.2, 0.25) is 0 Å². The van der Waals surface area contributed by atoms with Gasteiger partial charge in [0.2, 0.25) is 10.0 Å². The van der Waals surface area contributed by atoms with Crippen molar-refractivity contribution in [3.63, 3.8) is 0 Å². The quantitative estimate of drug-likeness (QED) is 0.178. The van der Waals surface area contributed by atoms with E-state index in [1.54, 1.807) is 30.3 Å². The minimum absolute atomic E-state index is 0.0199. The molecule has 3 heterocycles. The van der Waals surface area contributed by atoms with Crippen molar-refractivity contribution in [1.82, 2.24) is 14.5 Å². The molecule has 4 unspecified atom stereocenters. The van der Waals surface area contributed by atoms with Gasteiger partial charge in [0, 0.05) is 37.7 Å². The topological polar surface area (TPSA) is 91.3 Å². The molecule has 0 radical (unpaired) electrons. The van der Waals surface area contributed by atoms with Crippen LogP contribution in [0.15, 0.2) is 108 Å². The first kappa shape index (κ1) is 34.1. The molecule has 3 aliphatic rings. The van der Waals surface area contributed by atoms with Crippen LogP contribution in [0, 0.1) is 0 Å². The van der Waals surface area contributed by atoms with Crippen LogP contribution in [-0.2, 0) is 32.6 Å². The lowest BCUT2D eigenvalue weighted by Gasteiger charge is -2.39. The number of nitrogens with one attached hydrogen (secondary N) is 1. The van der Waals surface area contributed by atoms with E-state index >= 15 is 0 Å². The van der Waals surface area contributed by atoms with Crippen molar-refractivity contribution in [2.24, 2.45) is 0 Å². The number of nitrogens with zero attached hydrogens (tertiary/aromatic N) is 2. The third-order valence-corrected chi connectivity index (χ3v) is 11.6. The van der Waals surface area contributed by atoms with Gasteiger partial charge in [0.15, 0.2) is 6.29 Å². The third kappa shape index (κ3) is 8.49. The predicted octanol–water partition coefficient (Wildman–Crippen LogP) is 6.43. The summed E-state index contributed by atoms with van der Waals surface area (Å²) in [6.07, 6.45) is 5.29. The van der Waals surface area contributed by atoms with Crippen LogP contribution in [0.5, 0.6) is 0 Å². The monoisotopic (exact) mass is 681 g/mol. The van der Waals surface area contributed by atoms with E-state index in [4.69, 9.17) is 9.47 Å². The molecule has 4 aromatic rings. The minimum Gasteiger partial charge on any atom is -0.392 e. The van der Waals surface area contributed by atoms with E-state index in [-0.39, 0.29) is 30.3 Å². The van der Waals surface area contributed by atoms with Crippen molar-refractivity contribution in [2.45, 2.75) is 74.7 Å². The zero-order valence-corrected chi connectivity index (χ0v) is 28.8. The van der Waals surface area contributed by atoms with Gasteiger partial charge in [0.25, 0.3) is 0 Å². The first-order chi connectivity index (χ1) is 23.9. The highest BCUT2D eigenvalue weighted by atomic mass is 32.2. The van der Waals surface area contributed by atoms with Gasteiger partial charge in [0.05, 0.1) is 23.7 Å². The minimum atomic E-state index is -3.60. The Bertz CT molecular complexity index is 1760. The lowest BCUT2D eigenvalue weighted by Crippen LogP contribution is -2.45. The molecule has 4 atom stereocenters. The molecule has 9 heteroatoms. The number of likely N-dealkylation sites (tertiary alicyclic amines) is 2. The molecule has 0 spiro atoms. The number of aliphatic hydroxyl groups is 1. The molecule has 4 aromatic carbocycles. The van der Waals surface area contributed by atoms with E-state index in [2.05, 4.69) is 50.9 Å². The number of aliphatic hydroxyl groups excluding tert-OH is 1. The Morgan fingerprint density at radius 3 is 2.24 bits per heavy atom. The van der Waals surface area contributed by atoms with Crippen LogP contribution in [0.4, 0.5) is 0 Å². The fraction of sp³-hybridized carbons (Fsp3) is 0.400. The summed E-state index contributed by atoms with van der Waals surface area (Å²) in [5.74, 6) is 0. The van der Waals surface area contributed by atoms with Gasteiger partial charge in [-0.25, -0.2) is 13.1 Å². The number of sulfonamides is 1. The fourth-order valence-corrected chi connectivity index (χ4v) is 8.49.